The third-order valence-electron chi connectivity index (χ3n) is 7.76. The molecule has 1 amide bonds. The van der Waals surface area contributed by atoms with Gasteiger partial charge in [0.15, 0.2) is 8.32 Å². The van der Waals surface area contributed by atoms with Crippen molar-refractivity contribution in [3.8, 4) is 11.5 Å². The van der Waals surface area contributed by atoms with Crippen LogP contribution in [0.1, 0.15) is 52.5 Å². The molecule has 1 aromatic rings. The van der Waals surface area contributed by atoms with Crippen LogP contribution in [0.25, 0.3) is 0 Å². The first-order chi connectivity index (χ1) is 16.4. The predicted octanol–water partition coefficient (Wildman–Crippen LogP) is 5.29. The van der Waals surface area contributed by atoms with Gasteiger partial charge in [-0.2, -0.15) is 0 Å². The summed E-state index contributed by atoms with van der Waals surface area (Å²) in [5.74, 6) is 1.61. The zero-order valence-electron chi connectivity index (χ0n) is 22.0. The first kappa shape index (κ1) is 26.8. The Balaban J connectivity index is 1.79. The van der Waals surface area contributed by atoms with Crippen LogP contribution < -0.4 is 9.47 Å². The van der Waals surface area contributed by atoms with Crippen LogP contribution >= 0.6 is 0 Å². The summed E-state index contributed by atoms with van der Waals surface area (Å²) in [6.07, 6.45) is 2.71. The van der Waals surface area contributed by atoms with E-state index in [4.69, 9.17) is 18.6 Å². The molecular formula is C26H44N2O5Si. The highest BCUT2D eigenvalue weighted by Gasteiger charge is 2.51. The minimum absolute atomic E-state index is 0.0219. The number of benzene rings is 1. The van der Waals surface area contributed by atoms with Crippen molar-refractivity contribution in [3.05, 3.63) is 23.8 Å². The Hall–Kier alpha value is -1.77. The molecule has 34 heavy (non-hydrogen) atoms. The Morgan fingerprint density at radius 2 is 1.79 bits per heavy atom. The lowest BCUT2D eigenvalue weighted by atomic mass is 10.1. The molecular weight excluding hydrogens is 448 g/mol. The maximum absolute atomic E-state index is 13.1. The Bertz CT molecular complexity index is 795. The molecule has 2 fully saturated rings. The van der Waals surface area contributed by atoms with Gasteiger partial charge in [-0.15, -0.1) is 0 Å². The molecule has 3 unspecified atom stereocenters. The molecule has 7 nitrogen and oxygen atoms in total. The average Bonchev–Trinajstić information content (AvgIpc) is 3.08. The third kappa shape index (κ3) is 5.89. The molecule has 2 heterocycles. The van der Waals surface area contributed by atoms with E-state index in [1.54, 1.807) is 14.2 Å². The molecule has 1 aromatic carbocycles. The molecule has 3 atom stereocenters. The van der Waals surface area contributed by atoms with Crippen LogP contribution in [0.4, 0.5) is 4.79 Å². The van der Waals surface area contributed by atoms with Crippen molar-refractivity contribution >= 4 is 14.4 Å². The van der Waals surface area contributed by atoms with Gasteiger partial charge >= 0.3 is 6.09 Å². The number of nitrogens with zero attached hydrogens (tertiary/aromatic N) is 2. The molecule has 2 saturated heterocycles. The van der Waals surface area contributed by atoms with Gasteiger partial charge in [0.1, 0.15) is 11.5 Å². The second-order valence-corrected chi connectivity index (χ2v) is 14.3. The number of unbranched alkanes of at least 4 members (excludes halogenated alkanes) is 1. The maximum Gasteiger partial charge on any atom is 0.410 e. The Labute approximate surface area is 206 Å². The summed E-state index contributed by atoms with van der Waals surface area (Å²) in [6.45, 7) is 11.7. The topological polar surface area (TPSA) is 60.5 Å². The molecule has 2 aliphatic heterocycles. The Morgan fingerprint density at radius 1 is 1.06 bits per heavy atom. The number of methoxy groups -OCH3 is 2. The van der Waals surface area contributed by atoms with Crippen LogP contribution in [0.5, 0.6) is 11.5 Å². The number of hydrogen-bond acceptors (Lipinski definition) is 6. The first-order valence-corrected chi connectivity index (χ1v) is 15.5. The van der Waals surface area contributed by atoms with Crippen LogP contribution in [-0.4, -0.2) is 76.3 Å². The van der Waals surface area contributed by atoms with E-state index in [-0.39, 0.29) is 24.3 Å². The number of piperazine rings is 1. The molecule has 0 radical (unpaired) electrons. The van der Waals surface area contributed by atoms with Crippen LogP contribution in [0.15, 0.2) is 18.2 Å². The van der Waals surface area contributed by atoms with E-state index in [0.29, 0.717) is 6.61 Å². The van der Waals surface area contributed by atoms with E-state index < -0.39 is 8.32 Å². The summed E-state index contributed by atoms with van der Waals surface area (Å²) in [4.78, 5) is 17.5. The van der Waals surface area contributed by atoms with Crippen LogP contribution in [0.3, 0.4) is 0 Å². The summed E-state index contributed by atoms with van der Waals surface area (Å²) >= 11 is 0. The molecule has 2 bridgehead atoms. The lowest BCUT2D eigenvalue weighted by Crippen LogP contribution is -2.58. The van der Waals surface area contributed by atoms with Crippen molar-refractivity contribution in [2.24, 2.45) is 0 Å². The van der Waals surface area contributed by atoms with Crippen molar-refractivity contribution in [2.75, 3.05) is 33.9 Å². The van der Waals surface area contributed by atoms with E-state index in [1.165, 1.54) is 0 Å². The number of hydrogen-bond donors (Lipinski definition) is 0. The Kier molecular flexibility index (Phi) is 9.68. The highest BCUT2D eigenvalue weighted by atomic mass is 28.4. The largest absolute Gasteiger partial charge is 0.497 e. The monoisotopic (exact) mass is 492 g/mol. The number of carbonyl (C=O) groups excluding carboxylic acids is 1. The van der Waals surface area contributed by atoms with Gasteiger partial charge in [-0.05, 0) is 37.0 Å². The minimum atomic E-state index is -1.79. The maximum atomic E-state index is 13.1. The van der Waals surface area contributed by atoms with Crippen molar-refractivity contribution in [2.45, 2.75) is 89.8 Å². The standard InChI is InChI=1S/C26H44N2O5Si/c1-7-11-14-32-26(29)28-21-15-25(33-34(8-2,9-3)10-4)23(28)19-27(18-21)17-20-12-13-22(30-5)16-24(20)31-6/h12-13,16,21,23,25H,7-11,14-15,17-19H2,1-6H3. The van der Waals surface area contributed by atoms with E-state index in [2.05, 4.69) is 38.7 Å². The number of carbonyl (C=O) groups is 1. The zero-order chi connectivity index (χ0) is 24.7. The molecule has 0 aliphatic carbocycles. The predicted molar refractivity (Wildman–Crippen MR) is 137 cm³/mol. The fraction of sp³-hybridized carbons (Fsp3) is 0.731. The number of rotatable bonds is 12. The molecule has 2 aliphatic rings. The van der Waals surface area contributed by atoms with E-state index in [1.807, 2.05) is 17.0 Å². The summed E-state index contributed by atoms with van der Waals surface area (Å²) in [6, 6.07) is 9.45. The van der Waals surface area contributed by atoms with Gasteiger partial charge in [0.25, 0.3) is 0 Å². The van der Waals surface area contributed by atoms with E-state index in [0.717, 1.165) is 74.1 Å². The molecule has 0 spiro atoms. The number of amides is 1. The summed E-state index contributed by atoms with van der Waals surface area (Å²) in [7, 11) is 1.57. The minimum Gasteiger partial charge on any atom is -0.497 e. The molecule has 8 heteroatoms. The number of ether oxygens (including phenoxy) is 3. The lowest BCUT2D eigenvalue weighted by molar-refractivity contribution is 0.0233. The van der Waals surface area contributed by atoms with E-state index >= 15 is 0 Å². The number of fused-ring (bicyclic) bond motifs is 2. The SMILES string of the molecule is CCCCOC(=O)N1C2CC(O[Si](CC)(CC)CC)C1CN(Cc1ccc(OC)cc1OC)C2. The molecule has 0 aromatic heterocycles. The van der Waals surface area contributed by atoms with Crippen LogP contribution in [-0.2, 0) is 15.7 Å². The smallest absolute Gasteiger partial charge is 0.410 e. The van der Waals surface area contributed by atoms with Crippen molar-refractivity contribution in [1.82, 2.24) is 9.80 Å². The van der Waals surface area contributed by atoms with Gasteiger partial charge in [-0.25, -0.2) is 4.79 Å². The second kappa shape index (κ2) is 12.3. The van der Waals surface area contributed by atoms with Gasteiger partial charge in [0, 0.05) is 31.3 Å². The third-order valence-corrected chi connectivity index (χ3v) is 12.4. The van der Waals surface area contributed by atoms with E-state index in [9.17, 15) is 4.79 Å². The van der Waals surface area contributed by atoms with Gasteiger partial charge in [0.05, 0.1) is 39.0 Å². The van der Waals surface area contributed by atoms with Crippen molar-refractivity contribution in [3.63, 3.8) is 0 Å². The molecule has 0 N–H and O–H groups in total. The summed E-state index contributed by atoms with van der Waals surface area (Å²) in [5.41, 5.74) is 1.12. The fourth-order valence-electron chi connectivity index (χ4n) is 5.46. The Morgan fingerprint density at radius 3 is 2.41 bits per heavy atom. The second-order valence-electron chi connectivity index (χ2n) is 9.60. The van der Waals surface area contributed by atoms with Gasteiger partial charge in [-0.1, -0.05) is 40.2 Å². The highest BCUT2D eigenvalue weighted by molar-refractivity contribution is 6.73. The van der Waals surface area contributed by atoms with Crippen LogP contribution in [0, 0.1) is 0 Å². The van der Waals surface area contributed by atoms with Crippen LogP contribution in [0.2, 0.25) is 18.1 Å². The quantitative estimate of drug-likeness (QED) is 0.292. The highest BCUT2D eigenvalue weighted by Crippen LogP contribution is 2.38. The molecule has 192 valence electrons. The first-order valence-electron chi connectivity index (χ1n) is 13.0. The molecule has 0 saturated carbocycles. The fourth-order valence-corrected chi connectivity index (χ4v) is 8.35. The number of likely N-dealkylation sites (tertiary alicyclic amines) is 1. The normalized spacial score (nSPS) is 22.6. The molecule has 3 rings (SSSR count). The lowest BCUT2D eigenvalue weighted by Gasteiger charge is -2.42. The van der Waals surface area contributed by atoms with Gasteiger partial charge < -0.3 is 18.6 Å². The van der Waals surface area contributed by atoms with Crippen molar-refractivity contribution < 1.29 is 23.4 Å². The van der Waals surface area contributed by atoms with Gasteiger partial charge in [0.2, 0.25) is 0 Å². The van der Waals surface area contributed by atoms with Crippen molar-refractivity contribution in [1.29, 1.82) is 0 Å². The zero-order valence-corrected chi connectivity index (χ0v) is 23.0. The summed E-state index contributed by atoms with van der Waals surface area (Å²) < 4.78 is 23.6. The summed E-state index contributed by atoms with van der Waals surface area (Å²) in [5, 5.41) is 0. The average molecular weight is 493 g/mol. The van der Waals surface area contributed by atoms with Gasteiger partial charge in [-0.3, -0.25) is 9.80 Å².